The van der Waals surface area contributed by atoms with E-state index in [0.717, 1.165) is 10.0 Å². The zero-order valence-electron chi connectivity index (χ0n) is 9.70. The lowest BCUT2D eigenvalue weighted by Crippen LogP contribution is -2.09. The summed E-state index contributed by atoms with van der Waals surface area (Å²) in [6, 6.07) is 12.7. The SMILES string of the molecule is N#CC(Nc1ccc(F)cc1)c1cc(Cl)ccc1Br. The maximum absolute atomic E-state index is 12.8. The van der Waals surface area contributed by atoms with E-state index in [0.29, 0.717) is 10.7 Å². The van der Waals surface area contributed by atoms with Crippen LogP contribution in [0.25, 0.3) is 0 Å². The minimum Gasteiger partial charge on any atom is -0.366 e. The summed E-state index contributed by atoms with van der Waals surface area (Å²) in [6.45, 7) is 0. The maximum Gasteiger partial charge on any atom is 0.141 e. The molecule has 2 aromatic rings. The Bertz CT molecular complexity index is 622. The van der Waals surface area contributed by atoms with E-state index < -0.39 is 6.04 Å². The van der Waals surface area contributed by atoms with Crippen LogP contribution in [-0.2, 0) is 0 Å². The molecule has 2 rings (SSSR count). The number of nitrogens with one attached hydrogen (secondary N) is 1. The first kappa shape index (κ1) is 13.9. The molecule has 0 amide bonds. The number of anilines is 1. The van der Waals surface area contributed by atoms with Crippen LogP contribution in [0.15, 0.2) is 46.9 Å². The van der Waals surface area contributed by atoms with Gasteiger partial charge in [0.25, 0.3) is 0 Å². The quantitative estimate of drug-likeness (QED) is 0.861. The lowest BCUT2D eigenvalue weighted by molar-refractivity contribution is 0.628. The summed E-state index contributed by atoms with van der Waals surface area (Å²) < 4.78 is 13.6. The van der Waals surface area contributed by atoms with Gasteiger partial charge in [-0.05, 0) is 42.5 Å². The van der Waals surface area contributed by atoms with E-state index in [2.05, 4.69) is 27.3 Å². The molecule has 0 aromatic heterocycles. The first-order valence-electron chi connectivity index (χ1n) is 5.47. The molecule has 0 fully saturated rings. The number of halogens is 3. The van der Waals surface area contributed by atoms with Crippen molar-refractivity contribution in [3.63, 3.8) is 0 Å². The number of nitrogens with zero attached hydrogens (tertiary/aromatic N) is 1. The molecule has 0 heterocycles. The van der Waals surface area contributed by atoms with Crippen molar-refractivity contribution in [2.75, 3.05) is 5.32 Å². The van der Waals surface area contributed by atoms with E-state index in [1.54, 1.807) is 30.3 Å². The van der Waals surface area contributed by atoms with Gasteiger partial charge in [-0.3, -0.25) is 0 Å². The van der Waals surface area contributed by atoms with Crippen LogP contribution in [0.5, 0.6) is 0 Å². The number of hydrogen-bond donors (Lipinski definition) is 1. The Kier molecular flexibility index (Phi) is 4.41. The van der Waals surface area contributed by atoms with E-state index in [1.165, 1.54) is 12.1 Å². The molecule has 2 nitrogen and oxygen atoms in total. The van der Waals surface area contributed by atoms with Crippen molar-refractivity contribution >= 4 is 33.2 Å². The Balaban J connectivity index is 2.28. The van der Waals surface area contributed by atoms with Gasteiger partial charge in [0.15, 0.2) is 0 Å². The Morgan fingerprint density at radius 2 is 1.89 bits per heavy atom. The van der Waals surface area contributed by atoms with E-state index in [4.69, 9.17) is 11.6 Å². The second kappa shape index (κ2) is 6.05. The number of nitriles is 1. The molecule has 0 aliphatic heterocycles. The summed E-state index contributed by atoms with van der Waals surface area (Å²) in [5, 5.41) is 12.8. The van der Waals surface area contributed by atoms with E-state index >= 15 is 0 Å². The monoisotopic (exact) mass is 338 g/mol. The smallest absolute Gasteiger partial charge is 0.141 e. The van der Waals surface area contributed by atoms with Crippen LogP contribution in [-0.4, -0.2) is 0 Å². The van der Waals surface area contributed by atoms with Crippen molar-refractivity contribution in [3.8, 4) is 6.07 Å². The summed E-state index contributed by atoms with van der Waals surface area (Å²) in [7, 11) is 0. The van der Waals surface area contributed by atoms with E-state index in [-0.39, 0.29) is 5.82 Å². The first-order valence-corrected chi connectivity index (χ1v) is 6.64. The zero-order valence-corrected chi connectivity index (χ0v) is 12.0. The maximum atomic E-state index is 12.8. The molecule has 1 unspecified atom stereocenters. The van der Waals surface area contributed by atoms with Crippen LogP contribution in [0, 0.1) is 17.1 Å². The predicted molar refractivity (Wildman–Crippen MR) is 77.5 cm³/mol. The van der Waals surface area contributed by atoms with Crippen molar-refractivity contribution in [2.24, 2.45) is 0 Å². The van der Waals surface area contributed by atoms with Crippen LogP contribution in [0.4, 0.5) is 10.1 Å². The van der Waals surface area contributed by atoms with Crippen LogP contribution in [0.3, 0.4) is 0 Å². The van der Waals surface area contributed by atoms with Crippen LogP contribution in [0.1, 0.15) is 11.6 Å². The van der Waals surface area contributed by atoms with E-state index in [1.807, 2.05) is 0 Å². The molecular weight excluding hydrogens is 331 g/mol. The molecule has 0 saturated heterocycles. The zero-order chi connectivity index (χ0) is 13.8. The van der Waals surface area contributed by atoms with Gasteiger partial charge in [0, 0.05) is 20.7 Å². The third kappa shape index (κ3) is 3.46. The fraction of sp³-hybridized carbons (Fsp3) is 0.0714. The highest BCUT2D eigenvalue weighted by molar-refractivity contribution is 9.10. The van der Waals surface area contributed by atoms with Gasteiger partial charge in [-0.1, -0.05) is 27.5 Å². The lowest BCUT2D eigenvalue weighted by Gasteiger charge is -2.15. The second-order valence-electron chi connectivity index (χ2n) is 3.88. The molecule has 0 radical (unpaired) electrons. The molecule has 1 N–H and O–H groups in total. The number of rotatable bonds is 3. The lowest BCUT2D eigenvalue weighted by atomic mass is 10.1. The fourth-order valence-corrected chi connectivity index (χ4v) is 2.28. The van der Waals surface area contributed by atoms with Gasteiger partial charge in [-0.25, -0.2) is 4.39 Å². The largest absolute Gasteiger partial charge is 0.366 e. The highest BCUT2D eigenvalue weighted by Gasteiger charge is 2.14. The van der Waals surface area contributed by atoms with E-state index in [9.17, 15) is 9.65 Å². The highest BCUT2D eigenvalue weighted by Crippen LogP contribution is 2.28. The summed E-state index contributed by atoms with van der Waals surface area (Å²) in [6.07, 6.45) is 0. The molecular formula is C14H9BrClFN2. The fourth-order valence-electron chi connectivity index (χ4n) is 1.63. The molecule has 19 heavy (non-hydrogen) atoms. The van der Waals surface area contributed by atoms with Crippen molar-refractivity contribution in [1.82, 2.24) is 0 Å². The van der Waals surface area contributed by atoms with Gasteiger partial charge < -0.3 is 5.32 Å². The Morgan fingerprint density at radius 3 is 2.53 bits per heavy atom. The normalized spacial score (nSPS) is 11.7. The minimum absolute atomic E-state index is 0.317. The average Bonchev–Trinajstić information content (AvgIpc) is 2.41. The van der Waals surface area contributed by atoms with Crippen LogP contribution >= 0.6 is 27.5 Å². The third-order valence-corrected chi connectivity index (χ3v) is 3.51. The van der Waals surface area contributed by atoms with Crippen molar-refractivity contribution in [3.05, 3.63) is 63.3 Å². The summed E-state index contributed by atoms with van der Waals surface area (Å²) in [5.74, 6) is -0.317. The van der Waals surface area contributed by atoms with Crippen LogP contribution in [0.2, 0.25) is 5.02 Å². The molecule has 5 heteroatoms. The second-order valence-corrected chi connectivity index (χ2v) is 5.17. The summed E-state index contributed by atoms with van der Waals surface area (Å²) >= 11 is 9.32. The third-order valence-electron chi connectivity index (χ3n) is 2.55. The first-order chi connectivity index (χ1) is 9.10. The van der Waals surface area contributed by atoms with Gasteiger partial charge >= 0.3 is 0 Å². The Morgan fingerprint density at radius 1 is 1.21 bits per heavy atom. The van der Waals surface area contributed by atoms with Gasteiger partial charge in [0.05, 0.1) is 6.07 Å². The highest BCUT2D eigenvalue weighted by atomic mass is 79.9. The van der Waals surface area contributed by atoms with Crippen LogP contribution < -0.4 is 5.32 Å². The molecule has 0 bridgehead atoms. The van der Waals surface area contributed by atoms with Gasteiger partial charge in [0.1, 0.15) is 11.9 Å². The summed E-state index contributed by atoms with van der Waals surface area (Å²) in [5.41, 5.74) is 1.40. The molecule has 0 aliphatic carbocycles. The number of hydrogen-bond acceptors (Lipinski definition) is 2. The predicted octanol–water partition coefficient (Wildman–Crippen LogP) is 4.92. The van der Waals surface area contributed by atoms with Gasteiger partial charge in [-0.15, -0.1) is 0 Å². The van der Waals surface area contributed by atoms with Gasteiger partial charge in [-0.2, -0.15) is 5.26 Å². The Hall–Kier alpha value is -1.57. The van der Waals surface area contributed by atoms with Crippen molar-refractivity contribution < 1.29 is 4.39 Å². The van der Waals surface area contributed by atoms with Gasteiger partial charge in [0.2, 0.25) is 0 Å². The molecule has 0 spiro atoms. The topological polar surface area (TPSA) is 35.8 Å². The molecule has 0 aliphatic rings. The molecule has 1 atom stereocenters. The Labute approximate surface area is 123 Å². The standard InChI is InChI=1S/C14H9BrClFN2/c15-13-6-1-9(16)7-12(13)14(8-18)19-11-4-2-10(17)3-5-11/h1-7,14,19H. The average molecular weight is 340 g/mol. The van der Waals surface area contributed by atoms with Crippen molar-refractivity contribution in [2.45, 2.75) is 6.04 Å². The molecule has 2 aromatic carbocycles. The summed E-state index contributed by atoms with van der Waals surface area (Å²) in [4.78, 5) is 0. The van der Waals surface area contributed by atoms with Crippen molar-refractivity contribution in [1.29, 1.82) is 5.26 Å². The molecule has 0 saturated carbocycles. The molecule has 96 valence electrons. The number of benzene rings is 2. The minimum atomic E-state index is -0.571.